The zero-order valence-corrected chi connectivity index (χ0v) is 23.9. The number of nitriles is 1. The quantitative estimate of drug-likeness (QED) is 0.230. The van der Waals surface area contributed by atoms with Crippen molar-refractivity contribution in [3.63, 3.8) is 0 Å². The highest BCUT2D eigenvalue weighted by Gasteiger charge is 2.51. The van der Waals surface area contributed by atoms with Crippen molar-refractivity contribution in [1.29, 1.82) is 5.26 Å². The SMILES string of the molecule is CO[C@H]1C(C(C)O)O[C@@H](c2nc(C)nn2-c2cc(C#N)ccc2C(F)(F)F)C(O)C1n1cc(-c2ccc(Cl)c(F)c2F)cn1. The molecule has 2 N–H and O–H groups in total. The molecule has 0 radical (unpaired) electrons. The first-order valence-electron chi connectivity index (χ1n) is 13.0. The third-order valence-electron chi connectivity index (χ3n) is 7.28. The first-order valence-corrected chi connectivity index (χ1v) is 13.4. The van der Waals surface area contributed by atoms with Gasteiger partial charge in [-0.1, -0.05) is 11.6 Å². The van der Waals surface area contributed by atoms with Crippen LogP contribution >= 0.6 is 11.6 Å². The van der Waals surface area contributed by atoms with E-state index in [0.717, 1.165) is 22.9 Å². The zero-order chi connectivity index (χ0) is 32.1. The van der Waals surface area contributed by atoms with Gasteiger partial charge in [0, 0.05) is 24.4 Å². The number of benzene rings is 2. The number of hydrogen-bond donors (Lipinski definition) is 2. The van der Waals surface area contributed by atoms with Gasteiger partial charge >= 0.3 is 6.18 Å². The lowest BCUT2D eigenvalue weighted by molar-refractivity contribution is -0.230. The van der Waals surface area contributed by atoms with E-state index in [1.165, 1.54) is 50.2 Å². The van der Waals surface area contributed by atoms with E-state index in [0.29, 0.717) is 0 Å². The van der Waals surface area contributed by atoms with Crippen LogP contribution in [0.1, 0.15) is 41.8 Å². The zero-order valence-electron chi connectivity index (χ0n) is 23.2. The van der Waals surface area contributed by atoms with Crippen LogP contribution in [0.5, 0.6) is 0 Å². The third kappa shape index (κ3) is 5.55. The molecule has 1 fully saturated rings. The lowest BCUT2D eigenvalue weighted by Gasteiger charge is -2.45. The van der Waals surface area contributed by atoms with E-state index < -0.39 is 70.6 Å². The third-order valence-corrected chi connectivity index (χ3v) is 7.57. The molecular formula is C28H24ClF5N6O4. The Morgan fingerprint density at radius 3 is 2.55 bits per heavy atom. The van der Waals surface area contributed by atoms with Gasteiger partial charge in [-0.2, -0.15) is 28.6 Å². The Bertz CT molecular complexity index is 1740. The number of ether oxygens (including phenoxy) is 2. The molecule has 1 saturated heterocycles. The number of alkyl halides is 3. The van der Waals surface area contributed by atoms with Crippen LogP contribution < -0.4 is 0 Å². The molecule has 2 aromatic heterocycles. The minimum absolute atomic E-state index is 0.0203. The maximum absolute atomic E-state index is 14.7. The second-order valence-corrected chi connectivity index (χ2v) is 10.6. The van der Waals surface area contributed by atoms with Gasteiger partial charge in [-0.05, 0) is 44.2 Å². The topological polar surface area (TPSA) is 131 Å². The minimum Gasteiger partial charge on any atom is -0.391 e. The Morgan fingerprint density at radius 1 is 1.18 bits per heavy atom. The van der Waals surface area contributed by atoms with Gasteiger partial charge in [0.05, 0.1) is 40.2 Å². The van der Waals surface area contributed by atoms with Crippen LogP contribution in [0.2, 0.25) is 5.02 Å². The minimum atomic E-state index is -4.85. The molecule has 10 nitrogen and oxygen atoms in total. The molecule has 0 amide bonds. The molecule has 6 atom stereocenters. The summed E-state index contributed by atoms with van der Waals surface area (Å²) >= 11 is 5.67. The van der Waals surface area contributed by atoms with Crippen molar-refractivity contribution in [3.8, 4) is 22.9 Å². The summed E-state index contributed by atoms with van der Waals surface area (Å²) < 4.78 is 84.7. The van der Waals surface area contributed by atoms with Crippen molar-refractivity contribution in [2.75, 3.05) is 7.11 Å². The predicted molar refractivity (Wildman–Crippen MR) is 144 cm³/mol. The summed E-state index contributed by atoms with van der Waals surface area (Å²) in [5.41, 5.74) is -1.82. The number of aliphatic hydroxyl groups excluding tert-OH is 2. The van der Waals surface area contributed by atoms with Gasteiger partial charge < -0.3 is 19.7 Å². The average Bonchev–Trinajstić information content (AvgIpc) is 3.61. The van der Waals surface area contributed by atoms with E-state index in [1.54, 1.807) is 6.07 Å². The van der Waals surface area contributed by atoms with Crippen LogP contribution in [0.25, 0.3) is 16.8 Å². The maximum Gasteiger partial charge on any atom is 0.418 e. The van der Waals surface area contributed by atoms with Crippen LogP contribution in [-0.2, 0) is 15.7 Å². The average molecular weight is 639 g/mol. The monoisotopic (exact) mass is 638 g/mol. The van der Waals surface area contributed by atoms with E-state index in [9.17, 15) is 37.4 Å². The summed E-state index contributed by atoms with van der Waals surface area (Å²) in [5, 5.41) is 39.6. The number of hydrogen-bond acceptors (Lipinski definition) is 8. The summed E-state index contributed by atoms with van der Waals surface area (Å²) in [6.45, 7) is 2.80. The van der Waals surface area contributed by atoms with Gasteiger partial charge in [0.15, 0.2) is 17.5 Å². The van der Waals surface area contributed by atoms with Crippen molar-refractivity contribution in [2.24, 2.45) is 0 Å². The molecular weight excluding hydrogens is 615 g/mol. The molecule has 232 valence electrons. The fraction of sp³-hybridized carbons (Fsp3) is 0.357. The molecule has 1 aliphatic heterocycles. The Labute approximate surface area is 251 Å². The number of aryl methyl sites for hydroxylation is 1. The fourth-order valence-corrected chi connectivity index (χ4v) is 5.42. The summed E-state index contributed by atoms with van der Waals surface area (Å²) in [4.78, 5) is 4.26. The first-order chi connectivity index (χ1) is 20.8. The van der Waals surface area contributed by atoms with Crippen LogP contribution in [0.4, 0.5) is 22.0 Å². The van der Waals surface area contributed by atoms with Crippen molar-refractivity contribution < 1.29 is 41.6 Å². The molecule has 4 aromatic rings. The van der Waals surface area contributed by atoms with Gasteiger partial charge in [-0.15, -0.1) is 0 Å². The second kappa shape index (κ2) is 11.9. The number of rotatable bonds is 6. The number of halogens is 6. The van der Waals surface area contributed by atoms with E-state index >= 15 is 0 Å². The van der Waals surface area contributed by atoms with Gasteiger partial charge in [0.1, 0.15) is 36.3 Å². The molecule has 44 heavy (non-hydrogen) atoms. The molecule has 3 heterocycles. The molecule has 0 spiro atoms. The molecule has 0 bridgehead atoms. The van der Waals surface area contributed by atoms with E-state index in [2.05, 4.69) is 15.2 Å². The van der Waals surface area contributed by atoms with Gasteiger partial charge in [0.2, 0.25) is 0 Å². The second-order valence-electron chi connectivity index (χ2n) is 10.1. The normalized spacial score (nSPS) is 23.0. The largest absolute Gasteiger partial charge is 0.418 e. The highest BCUT2D eigenvalue weighted by molar-refractivity contribution is 6.30. The Hall–Kier alpha value is -3.94. The summed E-state index contributed by atoms with van der Waals surface area (Å²) in [5.74, 6) is -2.73. The number of aliphatic hydroxyl groups is 2. The highest BCUT2D eigenvalue weighted by Crippen LogP contribution is 2.42. The van der Waals surface area contributed by atoms with Crippen LogP contribution in [0.3, 0.4) is 0 Å². The first kappa shape index (κ1) is 31.5. The molecule has 0 aliphatic carbocycles. The van der Waals surface area contributed by atoms with E-state index in [-0.39, 0.29) is 28.3 Å². The molecule has 2 aromatic carbocycles. The van der Waals surface area contributed by atoms with Gasteiger partial charge in [-0.25, -0.2) is 18.4 Å². The number of methoxy groups -OCH3 is 1. The van der Waals surface area contributed by atoms with Crippen molar-refractivity contribution in [3.05, 3.63) is 82.2 Å². The Balaban J connectivity index is 1.64. The standard InChI is InChI=1S/C28H24ClF5N6O4/c1-12(41)24-25(43-3)22(39-11-15(10-36-39)16-5-7-18(29)21(31)20(16)30)23(42)26(44-24)27-37-13(2)38-40(27)19-8-14(9-35)4-6-17(19)28(32,33)34/h4-8,10-12,22-26,41-42H,1-3H3/t12?,22?,23?,24?,25-,26-/m1/s1. The van der Waals surface area contributed by atoms with E-state index in [4.69, 9.17) is 21.1 Å². The molecule has 5 rings (SSSR count). The lowest BCUT2D eigenvalue weighted by Crippen LogP contribution is -2.56. The molecule has 4 unspecified atom stereocenters. The van der Waals surface area contributed by atoms with Crippen molar-refractivity contribution in [2.45, 2.75) is 56.6 Å². The predicted octanol–water partition coefficient (Wildman–Crippen LogP) is 4.70. The number of aromatic nitrogens is 5. The lowest BCUT2D eigenvalue weighted by atomic mass is 9.89. The smallest absolute Gasteiger partial charge is 0.391 e. The van der Waals surface area contributed by atoms with Crippen LogP contribution in [-0.4, -0.2) is 66.3 Å². The summed E-state index contributed by atoms with van der Waals surface area (Å²) in [7, 11) is 1.29. The Kier molecular flexibility index (Phi) is 8.49. The van der Waals surface area contributed by atoms with Gasteiger partial charge in [0.25, 0.3) is 0 Å². The highest BCUT2D eigenvalue weighted by atomic mass is 35.5. The summed E-state index contributed by atoms with van der Waals surface area (Å²) in [6, 6.07) is 5.74. The maximum atomic E-state index is 14.7. The van der Waals surface area contributed by atoms with Crippen molar-refractivity contribution in [1.82, 2.24) is 24.5 Å². The van der Waals surface area contributed by atoms with Crippen LogP contribution in [0, 0.1) is 29.9 Å². The van der Waals surface area contributed by atoms with Crippen LogP contribution in [0.15, 0.2) is 42.7 Å². The molecule has 0 saturated carbocycles. The molecule has 1 aliphatic rings. The van der Waals surface area contributed by atoms with Gasteiger partial charge in [-0.3, -0.25) is 4.68 Å². The van der Waals surface area contributed by atoms with E-state index in [1.807, 2.05) is 0 Å². The molecule has 16 heteroatoms. The fourth-order valence-electron chi connectivity index (χ4n) is 5.28. The summed E-state index contributed by atoms with van der Waals surface area (Å²) in [6.07, 6.45) is -9.01. The Morgan fingerprint density at radius 2 is 1.91 bits per heavy atom. The number of nitrogens with zero attached hydrogens (tertiary/aromatic N) is 6. The van der Waals surface area contributed by atoms with Crippen molar-refractivity contribution >= 4 is 11.6 Å².